The van der Waals surface area contributed by atoms with Crippen LogP contribution >= 0.6 is 11.3 Å². The zero-order chi connectivity index (χ0) is 13.6. The molecular formula is C15H28N2S. The summed E-state index contributed by atoms with van der Waals surface area (Å²) in [6.07, 6.45) is 1.17. The summed E-state index contributed by atoms with van der Waals surface area (Å²) in [4.78, 5) is 3.93. The lowest BCUT2D eigenvalue weighted by atomic mass is 10.1. The number of rotatable bonds is 7. The van der Waals surface area contributed by atoms with Crippen molar-refractivity contribution in [2.45, 2.75) is 39.7 Å². The molecule has 1 N–H and O–H groups in total. The van der Waals surface area contributed by atoms with Gasteiger partial charge in [0.05, 0.1) is 0 Å². The predicted octanol–water partition coefficient (Wildman–Crippen LogP) is 3.25. The van der Waals surface area contributed by atoms with Gasteiger partial charge in [-0.25, -0.2) is 0 Å². The number of likely N-dealkylation sites (N-methyl/N-ethyl adjacent to an activating group) is 1. The van der Waals surface area contributed by atoms with Crippen LogP contribution in [0.2, 0.25) is 0 Å². The van der Waals surface area contributed by atoms with Crippen LogP contribution in [0.25, 0.3) is 0 Å². The van der Waals surface area contributed by atoms with Gasteiger partial charge in [0.2, 0.25) is 0 Å². The van der Waals surface area contributed by atoms with E-state index in [1.54, 1.807) is 0 Å². The number of nitrogens with zero attached hydrogens (tertiary/aromatic N) is 1. The first-order valence-electron chi connectivity index (χ1n) is 6.83. The standard InChI is InChI=1S/C15H28N2S/c1-13(11-16-15(2,3)4)12-17(5)9-8-14-7-6-10-18-14/h6-7,10,13,16H,8-9,11-12H2,1-5H3. The molecule has 0 spiro atoms. The van der Waals surface area contributed by atoms with Crippen molar-refractivity contribution in [1.29, 1.82) is 0 Å². The van der Waals surface area contributed by atoms with Crippen molar-refractivity contribution in [2.24, 2.45) is 5.92 Å². The summed E-state index contributed by atoms with van der Waals surface area (Å²) in [5, 5.41) is 5.73. The van der Waals surface area contributed by atoms with Crippen molar-refractivity contribution in [2.75, 3.05) is 26.7 Å². The number of thiophene rings is 1. The molecule has 0 amide bonds. The number of hydrogen-bond acceptors (Lipinski definition) is 3. The summed E-state index contributed by atoms with van der Waals surface area (Å²) in [6, 6.07) is 4.36. The van der Waals surface area contributed by atoms with E-state index < -0.39 is 0 Å². The molecule has 1 atom stereocenters. The highest BCUT2D eigenvalue weighted by molar-refractivity contribution is 7.09. The van der Waals surface area contributed by atoms with E-state index in [0.29, 0.717) is 5.92 Å². The molecule has 1 heterocycles. The van der Waals surface area contributed by atoms with E-state index >= 15 is 0 Å². The van der Waals surface area contributed by atoms with Crippen molar-refractivity contribution in [1.82, 2.24) is 10.2 Å². The highest BCUT2D eigenvalue weighted by Crippen LogP contribution is 2.10. The molecule has 1 aromatic rings. The molecule has 3 heteroatoms. The zero-order valence-electron chi connectivity index (χ0n) is 12.5. The quantitative estimate of drug-likeness (QED) is 0.816. The lowest BCUT2D eigenvalue weighted by Crippen LogP contribution is -2.41. The summed E-state index contributed by atoms with van der Waals surface area (Å²) in [5.41, 5.74) is 0.226. The van der Waals surface area contributed by atoms with Crippen LogP contribution in [0.1, 0.15) is 32.6 Å². The Morgan fingerprint density at radius 3 is 2.67 bits per heavy atom. The summed E-state index contributed by atoms with van der Waals surface area (Å²) >= 11 is 1.86. The first-order chi connectivity index (χ1) is 8.37. The van der Waals surface area contributed by atoms with Gasteiger partial charge in [-0.1, -0.05) is 13.0 Å². The van der Waals surface area contributed by atoms with Crippen molar-refractivity contribution in [3.8, 4) is 0 Å². The van der Waals surface area contributed by atoms with E-state index in [1.165, 1.54) is 11.3 Å². The third-order valence-corrected chi connectivity index (χ3v) is 3.86. The Balaban J connectivity index is 2.17. The molecular weight excluding hydrogens is 240 g/mol. The van der Waals surface area contributed by atoms with E-state index in [4.69, 9.17) is 0 Å². The maximum atomic E-state index is 3.57. The Morgan fingerprint density at radius 1 is 1.39 bits per heavy atom. The fourth-order valence-electron chi connectivity index (χ4n) is 1.92. The molecule has 2 nitrogen and oxygen atoms in total. The first-order valence-corrected chi connectivity index (χ1v) is 7.71. The maximum absolute atomic E-state index is 3.57. The molecule has 104 valence electrons. The van der Waals surface area contributed by atoms with Gasteiger partial charge in [-0.3, -0.25) is 0 Å². The Labute approximate surface area is 116 Å². The topological polar surface area (TPSA) is 15.3 Å². The van der Waals surface area contributed by atoms with Crippen LogP contribution in [0.3, 0.4) is 0 Å². The lowest BCUT2D eigenvalue weighted by Gasteiger charge is -2.26. The Morgan fingerprint density at radius 2 is 2.11 bits per heavy atom. The van der Waals surface area contributed by atoms with Gasteiger partial charge in [-0.15, -0.1) is 11.3 Å². The summed E-state index contributed by atoms with van der Waals surface area (Å²) in [7, 11) is 2.22. The summed E-state index contributed by atoms with van der Waals surface area (Å²) < 4.78 is 0. The molecule has 0 aliphatic carbocycles. The minimum absolute atomic E-state index is 0.226. The third-order valence-electron chi connectivity index (χ3n) is 2.92. The molecule has 0 bridgehead atoms. The molecule has 1 aromatic heterocycles. The maximum Gasteiger partial charge on any atom is 0.00966 e. The van der Waals surface area contributed by atoms with Gasteiger partial charge in [0.15, 0.2) is 0 Å². The Kier molecular flexibility index (Phi) is 6.33. The molecule has 0 radical (unpaired) electrons. The smallest absolute Gasteiger partial charge is 0.00966 e. The van der Waals surface area contributed by atoms with E-state index in [2.05, 4.69) is 62.5 Å². The van der Waals surface area contributed by atoms with Crippen molar-refractivity contribution in [3.63, 3.8) is 0 Å². The van der Waals surface area contributed by atoms with E-state index in [9.17, 15) is 0 Å². The van der Waals surface area contributed by atoms with Crippen molar-refractivity contribution < 1.29 is 0 Å². The van der Waals surface area contributed by atoms with Crippen LogP contribution in [0.15, 0.2) is 17.5 Å². The number of hydrogen-bond donors (Lipinski definition) is 1. The first kappa shape index (κ1) is 15.7. The summed E-state index contributed by atoms with van der Waals surface area (Å²) in [5.74, 6) is 0.692. The SMILES string of the molecule is CC(CNC(C)(C)C)CN(C)CCc1cccs1. The Bertz CT molecular complexity index is 314. The largest absolute Gasteiger partial charge is 0.312 e. The molecule has 0 saturated heterocycles. The van der Waals surface area contributed by atoms with Gasteiger partial charge in [-0.2, -0.15) is 0 Å². The average Bonchev–Trinajstić information content (AvgIpc) is 2.75. The van der Waals surface area contributed by atoms with Gasteiger partial charge in [0.1, 0.15) is 0 Å². The van der Waals surface area contributed by atoms with Gasteiger partial charge >= 0.3 is 0 Å². The van der Waals surface area contributed by atoms with E-state index in [0.717, 1.165) is 19.6 Å². The fraction of sp³-hybridized carbons (Fsp3) is 0.733. The molecule has 18 heavy (non-hydrogen) atoms. The van der Waals surface area contributed by atoms with Gasteiger partial charge in [0, 0.05) is 23.5 Å². The minimum Gasteiger partial charge on any atom is -0.312 e. The van der Waals surface area contributed by atoms with Crippen LogP contribution in [0, 0.1) is 5.92 Å². The molecule has 1 rings (SSSR count). The summed E-state index contributed by atoms with van der Waals surface area (Å²) in [6.45, 7) is 12.4. The molecule has 1 unspecified atom stereocenters. The number of nitrogens with one attached hydrogen (secondary N) is 1. The normalized spacial score (nSPS) is 14.1. The van der Waals surface area contributed by atoms with E-state index in [1.807, 2.05) is 11.3 Å². The average molecular weight is 268 g/mol. The van der Waals surface area contributed by atoms with Gasteiger partial charge in [0.25, 0.3) is 0 Å². The van der Waals surface area contributed by atoms with Crippen LogP contribution in [0.4, 0.5) is 0 Å². The van der Waals surface area contributed by atoms with Crippen LogP contribution < -0.4 is 5.32 Å². The molecule has 0 fully saturated rings. The second-order valence-electron chi connectivity index (χ2n) is 6.33. The van der Waals surface area contributed by atoms with Crippen LogP contribution in [-0.2, 0) is 6.42 Å². The molecule has 0 aromatic carbocycles. The minimum atomic E-state index is 0.226. The van der Waals surface area contributed by atoms with E-state index in [-0.39, 0.29) is 5.54 Å². The van der Waals surface area contributed by atoms with Crippen LogP contribution in [0.5, 0.6) is 0 Å². The molecule has 0 aliphatic heterocycles. The Hall–Kier alpha value is -0.380. The second-order valence-corrected chi connectivity index (χ2v) is 7.36. The monoisotopic (exact) mass is 268 g/mol. The molecule has 0 aliphatic rings. The predicted molar refractivity (Wildman–Crippen MR) is 82.4 cm³/mol. The highest BCUT2D eigenvalue weighted by Gasteiger charge is 2.12. The lowest BCUT2D eigenvalue weighted by molar-refractivity contribution is 0.270. The second kappa shape index (κ2) is 7.27. The third kappa shape index (κ3) is 7.14. The van der Waals surface area contributed by atoms with Crippen LogP contribution in [-0.4, -0.2) is 37.1 Å². The van der Waals surface area contributed by atoms with Gasteiger partial charge < -0.3 is 10.2 Å². The zero-order valence-corrected chi connectivity index (χ0v) is 13.3. The fourth-order valence-corrected chi connectivity index (χ4v) is 2.62. The molecule has 0 saturated carbocycles. The van der Waals surface area contributed by atoms with Gasteiger partial charge in [-0.05, 0) is 58.1 Å². The van der Waals surface area contributed by atoms with Crippen molar-refractivity contribution >= 4 is 11.3 Å². The van der Waals surface area contributed by atoms with Crippen molar-refractivity contribution in [3.05, 3.63) is 22.4 Å². The highest BCUT2D eigenvalue weighted by atomic mass is 32.1.